The molecule has 0 radical (unpaired) electrons. The van der Waals surface area contributed by atoms with Crippen molar-refractivity contribution in [3.63, 3.8) is 0 Å². The highest BCUT2D eigenvalue weighted by atomic mass is 35.5. The lowest BCUT2D eigenvalue weighted by molar-refractivity contribution is -0.385. The SMILES string of the molecule is C[C@H]1CN(C(=O)Cc2ccccc2[N+](=O)[O-])CCN1.Cl. The highest BCUT2D eigenvalue weighted by Gasteiger charge is 2.23. The number of hydrogen-bond acceptors (Lipinski definition) is 4. The van der Waals surface area contributed by atoms with E-state index in [2.05, 4.69) is 5.32 Å². The molecule has 1 fully saturated rings. The van der Waals surface area contributed by atoms with Crippen molar-refractivity contribution in [2.45, 2.75) is 19.4 Å². The van der Waals surface area contributed by atoms with Gasteiger partial charge >= 0.3 is 0 Å². The van der Waals surface area contributed by atoms with Crippen LogP contribution in [0.5, 0.6) is 0 Å². The molecule has 1 saturated heterocycles. The molecule has 0 unspecified atom stereocenters. The van der Waals surface area contributed by atoms with Gasteiger partial charge in [0.2, 0.25) is 5.91 Å². The highest BCUT2D eigenvalue weighted by molar-refractivity contribution is 5.85. The summed E-state index contributed by atoms with van der Waals surface area (Å²) in [6, 6.07) is 6.67. The third-order valence-corrected chi connectivity index (χ3v) is 3.25. The predicted molar refractivity (Wildman–Crippen MR) is 78.1 cm³/mol. The molecule has 0 bridgehead atoms. The van der Waals surface area contributed by atoms with Gasteiger partial charge in [-0.15, -0.1) is 12.4 Å². The molecule has 0 aliphatic carbocycles. The maximum Gasteiger partial charge on any atom is 0.273 e. The Morgan fingerprint density at radius 1 is 1.50 bits per heavy atom. The molecule has 0 spiro atoms. The van der Waals surface area contributed by atoms with E-state index in [0.717, 1.165) is 6.54 Å². The number of halogens is 1. The smallest absolute Gasteiger partial charge is 0.273 e. The van der Waals surface area contributed by atoms with Crippen LogP contribution in [-0.4, -0.2) is 41.4 Å². The van der Waals surface area contributed by atoms with Gasteiger partial charge in [0.15, 0.2) is 0 Å². The van der Waals surface area contributed by atoms with Gasteiger partial charge in [-0.1, -0.05) is 18.2 Å². The standard InChI is InChI=1S/C13H17N3O3.ClH/c1-10-9-15(7-6-14-10)13(17)8-11-4-2-3-5-12(11)16(18)19;/h2-5,10,14H,6-9H2,1H3;1H/t10-;/m0./s1. The van der Waals surface area contributed by atoms with Crippen LogP contribution in [0.1, 0.15) is 12.5 Å². The Kier molecular flexibility index (Phi) is 5.91. The minimum atomic E-state index is -0.441. The third kappa shape index (κ3) is 3.91. The van der Waals surface area contributed by atoms with Crippen LogP contribution in [0.2, 0.25) is 0 Å². The second kappa shape index (κ2) is 7.21. The number of amides is 1. The number of rotatable bonds is 3. The van der Waals surface area contributed by atoms with Gasteiger partial charge < -0.3 is 10.2 Å². The van der Waals surface area contributed by atoms with Gasteiger partial charge in [0.25, 0.3) is 5.69 Å². The molecule has 1 heterocycles. The van der Waals surface area contributed by atoms with E-state index in [1.54, 1.807) is 23.1 Å². The van der Waals surface area contributed by atoms with Crippen LogP contribution in [0.4, 0.5) is 5.69 Å². The van der Waals surface area contributed by atoms with Crippen molar-refractivity contribution in [3.05, 3.63) is 39.9 Å². The van der Waals surface area contributed by atoms with Gasteiger partial charge in [0.05, 0.1) is 11.3 Å². The first kappa shape index (κ1) is 16.4. The zero-order valence-electron chi connectivity index (χ0n) is 11.2. The fourth-order valence-electron chi connectivity index (χ4n) is 2.27. The molecule has 1 aliphatic heterocycles. The molecule has 20 heavy (non-hydrogen) atoms. The molecule has 1 amide bonds. The Morgan fingerprint density at radius 3 is 2.85 bits per heavy atom. The first-order valence-electron chi connectivity index (χ1n) is 6.31. The molecule has 110 valence electrons. The summed E-state index contributed by atoms with van der Waals surface area (Å²) in [6.45, 7) is 4.09. The van der Waals surface area contributed by atoms with Gasteiger partial charge in [-0.3, -0.25) is 14.9 Å². The Balaban J connectivity index is 0.00000200. The molecule has 1 aromatic rings. The van der Waals surface area contributed by atoms with E-state index in [4.69, 9.17) is 0 Å². The fourth-order valence-corrected chi connectivity index (χ4v) is 2.27. The largest absolute Gasteiger partial charge is 0.340 e. The normalized spacial score (nSPS) is 18.2. The number of carbonyl (C=O) groups excluding carboxylic acids is 1. The quantitative estimate of drug-likeness (QED) is 0.676. The summed E-state index contributed by atoms with van der Waals surface area (Å²) in [6.07, 6.45) is 0.0872. The summed E-state index contributed by atoms with van der Waals surface area (Å²) >= 11 is 0. The lowest BCUT2D eigenvalue weighted by Crippen LogP contribution is -2.51. The molecule has 2 rings (SSSR count). The molecule has 1 aliphatic rings. The Hall–Kier alpha value is -1.66. The van der Waals surface area contributed by atoms with Gasteiger partial charge in [-0.05, 0) is 6.92 Å². The van der Waals surface area contributed by atoms with Crippen molar-refractivity contribution in [2.75, 3.05) is 19.6 Å². The van der Waals surface area contributed by atoms with Gasteiger partial charge in [-0.2, -0.15) is 0 Å². The van der Waals surface area contributed by atoms with E-state index in [0.29, 0.717) is 18.7 Å². The Bertz CT molecular complexity index is 496. The van der Waals surface area contributed by atoms with E-state index in [9.17, 15) is 14.9 Å². The number of carbonyl (C=O) groups is 1. The average Bonchev–Trinajstić information content (AvgIpc) is 2.39. The summed E-state index contributed by atoms with van der Waals surface area (Å²) in [5.41, 5.74) is 0.489. The molecular weight excluding hydrogens is 282 g/mol. The summed E-state index contributed by atoms with van der Waals surface area (Å²) in [5.74, 6) is -0.0531. The number of piperazine rings is 1. The van der Waals surface area contributed by atoms with Crippen molar-refractivity contribution < 1.29 is 9.72 Å². The van der Waals surface area contributed by atoms with Crippen LogP contribution in [0, 0.1) is 10.1 Å². The number of nitro benzene ring substituents is 1. The molecule has 1 aromatic carbocycles. The maximum atomic E-state index is 12.2. The number of benzene rings is 1. The Labute approximate surface area is 123 Å². The van der Waals surface area contributed by atoms with Crippen LogP contribution < -0.4 is 5.32 Å². The molecular formula is C13H18ClN3O3. The summed E-state index contributed by atoms with van der Waals surface area (Å²) in [7, 11) is 0. The number of nitro groups is 1. The minimum absolute atomic E-state index is 0. The third-order valence-electron chi connectivity index (χ3n) is 3.25. The van der Waals surface area contributed by atoms with Crippen molar-refractivity contribution in [2.24, 2.45) is 0 Å². The maximum absolute atomic E-state index is 12.2. The fraction of sp³-hybridized carbons (Fsp3) is 0.462. The molecule has 6 nitrogen and oxygen atoms in total. The molecule has 1 N–H and O–H groups in total. The topological polar surface area (TPSA) is 75.5 Å². The number of nitrogens with zero attached hydrogens (tertiary/aromatic N) is 2. The molecule has 7 heteroatoms. The van der Waals surface area contributed by atoms with Crippen LogP contribution in [0.25, 0.3) is 0 Å². The zero-order valence-corrected chi connectivity index (χ0v) is 12.1. The Morgan fingerprint density at radius 2 is 2.20 bits per heavy atom. The number of hydrogen-bond donors (Lipinski definition) is 1. The summed E-state index contributed by atoms with van der Waals surface area (Å²) < 4.78 is 0. The van der Waals surface area contributed by atoms with Crippen LogP contribution >= 0.6 is 12.4 Å². The van der Waals surface area contributed by atoms with Crippen molar-refractivity contribution in [1.29, 1.82) is 0 Å². The first-order valence-corrected chi connectivity index (χ1v) is 6.31. The van der Waals surface area contributed by atoms with Gasteiger partial charge in [0, 0.05) is 37.3 Å². The zero-order chi connectivity index (χ0) is 13.8. The highest BCUT2D eigenvalue weighted by Crippen LogP contribution is 2.19. The van der Waals surface area contributed by atoms with E-state index in [1.807, 2.05) is 6.92 Å². The van der Waals surface area contributed by atoms with E-state index in [1.165, 1.54) is 6.07 Å². The van der Waals surface area contributed by atoms with E-state index in [-0.39, 0.29) is 36.5 Å². The number of nitrogens with one attached hydrogen (secondary N) is 1. The van der Waals surface area contributed by atoms with Gasteiger partial charge in [0.1, 0.15) is 0 Å². The van der Waals surface area contributed by atoms with Gasteiger partial charge in [-0.25, -0.2) is 0 Å². The predicted octanol–water partition coefficient (Wildman–Crippen LogP) is 1.38. The average molecular weight is 300 g/mol. The lowest BCUT2D eigenvalue weighted by Gasteiger charge is -2.32. The van der Waals surface area contributed by atoms with Crippen molar-refractivity contribution in [1.82, 2.24) is 10.2 Å². The lowest BCUT2D eigenvalue weighted by atomic mass is 10.1. The second-order valence-electron chi connectivity index (χ2n) is 4.76. The number of para-hydroxylation sites is 1. The monoisotopic (exact) mass is 299 g/mol. The van der Waals surface area contributed by atoms with Crippen LogP contribution in [-0.2, 0) is 11.2 Å². The van der Waals surface area contributed by atoms with E-state index >= 15 is 0 Å². The summed E-state index contributed by atoms with van der Waals surface area (Å²) in [4.78, 5) is 24.4. The van der Waals surface area contributed by atoms with Crippen molar-refractivity contribution >= 4 is 24.0 Å². The first-order chi connectivity index (χ1) is 9.08. The molecule has 0 saturated carbocycles. The van der Waals surface area contributed by atoms with E-state index < -0.39 is 4.92 Å². The van der Waals surface area contributed by atoms with Crippen LogP contribution in [0.15, 0.2) is 24.3 Å². The molecule has 0 aromatic heterocycles. The summed E-state index contributed by atoms with van der Waals surface area (Å²) in [5, 5.41) is 14.2. The molecule has 1 atom stereocenters. The second-order valence-corrected chi connectivity index (χ2v) is 4.76. The minimum Gasteiger partial charge on any atom is -0.340 e. The van der Waals surface area contributed by atoms with Crippen LogP contribution in [0.3, 0.4) is 0 Å². The van der Waals surface area contributed by atoms with Crippen molar-refractivity contribution in [3.8, 4) is 0 Å².